The molecule has 0 aromatic rings. The third-order valence-corrected chi connectivity index (χ3v) is 3.28. The highest BCUT2D eigenvalue weighted by molar-refractivity contribution is 14.1. The molecule has 3 nitrogen and oxygen atoms in total. The molecule has 1 heterocycles. The van der Waals surface area contributed by atoms with Crippen molar-refractivity contribution in [3.63, 3.8) is 0 Å². The first-order valence-electron chi connectivity index (χ1n) is 3.87. The quantitative estimate of drug-likeness (QED) is 0.597. The molecule has 0 bridgehead atoms. The Morgan fingerprint density at radius 1 is 1.82 bits per heavy atom. The molecule has 0 aromatic carbocycles. The van der Waals surface area contributed by atoms with E-state index in [1.165, 1.54) is 6.42 Å². The maximum Gasteiger partial charge on any atom is 0.221 e. The van der Waals surface area contributed by atoms with Crippen molar-refractivity contribution in [1.82, 2.24) is 8.43 Å². The van der Waals surface area contributed by atoms with Crippen molar-refractivity contribution in [1.29, 1.82) is 0 Å². The van der Waals surface area contributed by atoms with Gasteiger partial charge in [-0.1, -0.05) is 0 Å². The third kappa shape index (κ3) is 2.59. The SMILES string of the molecule is CNC(=O)CC1CCCN1I. The van der Waals surface area contributed by atoms with Gasteiger partial charge >= 0.3 is 0 Å². The maximum absolute atomic E-state index is 11.0. The Morgan fingerprint density at radius 2 is 2.55 bits per heavy atom. The van der Waals surface area contributed by atoms with Crippen LogP contribution in [0.4, 0.5) is 0 Å². The van der Waals surface area contributed by atoms with Crippen molar-refractivity contribution in [2.75, 3.05) is 13.6 Å². The van der Waals surface area contributed by atoms with E-state index in [1.54, 1.807) is 7.05 Å². The van der Waals surface area contributed by atoms with Crippen molar-refractivity contribution in [2.45, 2.75) is 25.3 Å². The summed E-state index contributed by atoms with van der Waals surface area (Å²) >= 11 is 2.30. The van der Waals surface area contributed by atoms with Crippen LogP contribution in [-0.2, 0) is 4.79 Å². The average molecular weight is 268 g/mol. The van der Waals surface area contributed by atoms with Gasteiger partial charge in [-0.15, -0.1) is 0 Å². The zero-order valence-electron chi connectivity index (χ0n) is 6.64. The minimum Gasteiger partial charge on any atom is -0.359 e. The lowest BCUT2D eigenvalue weighted by molar-refractivity contribution is -0.121. The molecule has 4 heteroatoms. The lowest BCUT2D eigenvalue weighted by Gasteiger charge is -2.15. The molecule has 0 radical (unpaired) electrons. The highest BCUT2D eigenvalue weighted by atomic mass is 127. The van der Waals surface area contributed by atoms with Gasteiger partial charge in [-0.3, -0.25) is 4.79 Å². The van der Waals surface area contributed by atoms with Gasteiger partial charge in [0.15, 0.2) is 0 Å². The fraction of sp³-hybridized carbons (Fsp3) is 0.857. The number of hydrogen-bond donors (Lipinski definition) is 1. The zero-order valence-corrected chi connectivity index (χ0v) is 8.80. The molecule has 0 aliphatic carbocycles. The standard InChI is InChI=1S/C7H13IN2O/c1-9-7(11)5-6-3-2-4-10(6)8/h6H,2-5H2,1H3,(H,9,11). The molecule has 1 unspecified atom stereocenters. The van der Waals surface area contributed by atoms with Gasteiger partial charge in [-0.2, -0.15) is 0 Å². The highest BCUT2D eigenvalue weighted by Gasteiger charge is 2.23. The number of nitrogens with one attached hydrogen (secondary N) is 1. The highest BCUT2D eigenvalue weighted by Crippen LogP contribution is 2.23. The molecule has 1 aliphatic heterocycles. The van der Waals surface area contributed by atoms with Gasteiger partial charge < -0.3 is 5.32 Å². The topological polar surface area (TPSA) is 32.3 Å². The lowest BCUT2D eigenvalue weighted by atomic mass is 10.1. The Bertz CT molecular complexity index is 151. The number of hydrogen-bond acceptors (Lipinski definition) is 2. The first-order valence-corrected chi connectivity index (χ1v) is 4.83. The number of rotatable bonds is 2. The summed E-state index contributed by atoms with van der Waals surface area (Å²) in [6.07, 6.45) is 3.04. The fourth-order valence-electron chi connectivity index (χ4n) is 1.32. The number of amides is 1. The van der Waals surface area contributed by atoms with E-state index in [0.717, 1.165) is 13.0 Å². The minimum absolute atomic E-state index is 0.151. The smallest absolute Gasteiger partial charge is 0.221 e. The molecule has 1 atom stereocenters. The molecule has 1 N–H and O–H groups in total. The molecular weight excluding hydrogens is 255 g/mol. The zero-order chi connectivity index (χ0) is 8.27. The summed E-state index contributed by atoms with van der Waals surface area (Å²) in [7, 11) is 1.69. The lowest BCUT2D eigenvalue weighted by Crippen LogP contribution is -2.28. The Balaban J connectivity index is 2.30. The van der Waals surface area contributed by atoms with E-state index in [4.69, 9.17) is 0 Å². The molecular formula is C7H13IN2O. The van der Waals surface area contributed by atoms with E-state index in [0.29, 0.717) is 12.5 Å². The van der Waals surface area contributed by atoms with Gasteiger partial charge in [0, 0.05) is 48.9 Å². The minimum atomic E-state index is 0.151. The van der Waals surface area contributed by atoms with Crippen molar-refractivity contribution in [3.05, 3.63) is 0 Å². The summed E-state index contributed by atoms with van der Waals surface area (Å²) in [4.78, 5) is 11.0. The summed E-state index contributed by atoms with van der Waals surface area (Å²) in [5.41, 5.74) is 0. The van der Waals surface area contributed by atoms with E-state index >= 15 is 0 Å². The monoisotopic (exact) mass is 268 g/mol. The van der Waals surface area contributed by atoms with Gasteiger partial charge in [-0.05, 0) is 12.8 Å². The van der Waals surface area contributed by atoms with Gasteiger partial charge in [0.1, 0.15) is 0 Å². The summed E-state index contributed by atoms with van der Waals surface area (Å²) in [6, 6.07) is 0.468. The van der Waals surface area contributed by atoms with Crippen LogP contribution in [0.1, 0.15) is 19.3 Å². The van der Waals surface area contributed by atoms with Crippen molar-refractivity contribution < 1.29 is 4.79 Å². The van der Waals surface area contributed by atoms with Crippen LogP contribution < -0.4 is 5.32 Å². The van der Waals surface area contributed by atoms with Crippen LogP contribution in [0.2, 0.25) is 0 Å². The van der Waals surface area contributed by atoms with Crippen LogP contribution in [0.15, 0.2) is 0 Å². The normalized spacial score (nSPS) is 25.5. The van der Waals surface area contributed by atoms with Gasteiger partial charge in [0.2, 0.25) is 5.91 Å². The first kappa shape index (κ1) is 9.25. The predicted octanol–water partition coefficient (Wildman–Crippen LogP) is 0.937. The van der Waals surface area contributed by atoms with Gasteiger partial charge in [0.05, 0.1) is 0 Å². The molecule has 11 heavy (non-hydrogen) atoms. The van der Waals surface area contributed by atoms with Gasteiger partial charge in [-0.25, -0.2) is 3.11 Å². The van der Waals surface area contributed by atoms with Crippen molar-refractivity contribution in [3.8, 4) is 0 Å². The second-order valence-electron chi connectivity index (χ2n) is 2.80. The third-order valence-electron chi connectivity index (χ3n) is 2.01. The number of carbonyl (C=O) groups is 1. The van der Waals surface area contributed by atoms with Crippen LogP contribution in [0.3, 0.4) is 0 Å². The summed E-state index contributed by atoms with van der Waals surface area (Å²) < 4.78 is 2.23. The van der Waals surface area contributed by atoms with Crippen LogP contribution in [0, 0.1) is 0 Å². The van der Waals surface area contributed by atoms with Crippen LogP contribution in [-0.4, -0.2) is 28.7 Å². The maximum atomic E-state index is 11.0. The van der Waals surface area contributed by atoms with Crippen LogP contribution in [0.5, 0.6) is 0 Å². The van der Waals surface area contributed by atoms with Crippen molar-refractivity contribution >= 4 is 28.8 Å². The fourth-order valence-corrected chi connectivity index (χ4v) is 2.13. The molecule has 0 spiro atoms. The number of halogens is 1. The Hall–Kier alpha value is 0.160. The molecule has 1 fully saturated rings. The van der Waals surface area contributed by atoms with E-state index < -0.39 is 0 Å². The number of nitrogens with zero attached hydrogens (tertiary/aromatic N) is 1. The molecule has 1 aliphatic rings. The molecule has 1 amide bonds. The summed E-state index contributed by atoms with van der Waals surface area (Å²) in [6.45, 7) is 1.13. The van der Waals surface area contributed by atoms with E-state index in [-0.39, 0.29) is 5.91 Å². The predicted molar refractivity (Wildman–Crippen MR) is 52.4 cm³/mol. The first-order chi connectivity index (χ1) is 5.24. The number of carbonyl (C=O) groups excluding carboxylic acids is 1. The van der Waals surface area contributed by atoms with Crippen molar-refractivity contribution in [2.24, 2.45) is 0 Å². The summed E-state index contributed by atoms with van der Waals surface area (Å²) in [5, 5.41) is 2.64. The van der Waals surface area contributed by atoms with E-state index in [1.807, 2.05) is 0 Å². The van der Waals surface area contributed by atoms with E-state index in [9.17, 15) is 4.79 Å². The molecule has 1 rings (SSSR count). The average Bonchev–Trinajstić information content (AvgIpc) is 2.37. The Labute approximate surface area is 81.0 Å². The van der Waals surface area contributed by atoms with Crippen LogP contribution >= 0.6 is 22.9 Å². The second kappa shape index (κ2) is 4.25. The summed E-state index contributed by atoms with van der Waals surface area (Å²) in [5.74, 6) is 0.151. The van der Waals surface area contributed by atoms with E-state index in [2.05, 4.69) is 31.3 Å². The van der Waals surface area contributed by atoms with Crippen LogP contribution in [0.25, 0.3) is 0 Å². The Kier molecular flexibility index (Phi) is 3.58. The molecule has 64 valence electrons. The van der Waals surface area contributed by atoms with Gasteiger partial charge in [0.25, 0.3) is 0 Å². The largest absolute Gasteiger partial charge is 0.359 e. The Morgan fingerprint density at radius 3 is 3.00 bits per heavy atom. The molecule has 0 saturated carbocycles. The molecule has 0 aromatic heterocycles. The molecule has 1 saturated heterocycles. The second-order valence-corrected chi connectivity index (χ2v) is 4.04.